The van der Waals surface area contributed by atoms with E-state index in [1.54, 1.807) is 0 Å². The highest BCUT2D eigenvalue weighted by molar-refractivity contribution is 4.79. The van der Waals surface area contributed by atoms with E-state index in [9.17, 15) is 0 Å². The number of piperazine rings is 1. The molecule has 0 saturated carbocycles. The summed E-state index contributed by atoms with van der Waals surface area (Å²) < 4.78 is 17.0. The van der Waals surface area contributed by atoms with Crippen LogP contribution in [0.1, 0.15) is 0 Å². The van der Waals surface area contributed by atoms with Crippen LogP contribution in [0.25, 0.3) is 0 Å². The highest BCUT2D eigenvalue weighted by atomic mass is 16.9. The molecule has 0 amide bonds. The van der Waals surface area contributed by atoms with Crippen LogP contribution in [0.5, 0.6) is 0 Å². The van der Waals surface area contributed by atoms with E-state index in [1.165, 1.54) is 0 Å². The first-order valence-electron chi connectivity index (χ1n) is 5.27. The maximum atomic E-state index is 5.66. The molecule has 0 aromatic carbocycles. The summed E-state index contributed by atoms with van der Waals surface area (Å²) in [5, 5.41) is 3.30. The number of rotatable bonds is 1. The first kappa shape index (κ1) is 9.06. The summed E-state index contributed by atoms with van der Waals surface area (Å²) in [6.07, 6.45) is -0.850. The van der Waals surface area contributed by atoms with Crippen molar-refractivity contribution in [2.24, 2.45) is 5.92 Å². The van der Waals surface area contributed by atoms with Crippen LogP contribution in [0.3, 0.4) is 0 Å². The molecule has 0 aliphatic carbocycles. The largest absolute Gasteiger partial charge is 0.353 e. The molecule has 0 unspecified atom stereocenters. The van der Waals surface area contributed by atoms with Crippen LogP contribution in [-0.2, 0) is 14.2 Å². The van der Waals surface area contributed by atoms with Crippen LogP contribution >= 0.6 is 0 Å². The van der Waals surface area contributed by atoms with Gasteiger partial charge in [0.2, 0.25) is 0 Å². The predicted molar refractivity (Wildman–Crippen MR) is 48.5 cm³/mol. The summed E-state index contributed by atoms with van der Waals surface area (Å²) in [6.45, 7) is 6.09. The van der Waals surface area contributed by atoms with Gasteiger partial charge in [0.1, 0.15) is 0 Å². The van der Waals surface area contributed by atoms with E-state index in [4.69, 9.17) is 14.2 Å². The van der Waals surface area contributed by atoms with Crippen molar-refractivity contribution >= 4 is 0 Å². The molecular weight excluding hydrogens is 184 g/mol. The molecule has 0 spiro atoms. The van der Waals surface area contributed by atoms with Crippen LogP contribution in [-0.4, -0.2) is 57.0 Å². The Kier molecular flexibility index (Phi) is 2.22. The average Bonchev–Trinajstić information content (AvgIpc) is 2.33. The Labute approximate surface area is 83.3 Å². The normalized spacial score (nSPS) is 44.1. The molecule has 0 atom stereocenters. The predicted octanol–water partition coefficient (Wildman–Crippen LogP) is -0.804. The molecule has 1 N–H and O–H groups in total. The summed E-state index contributed by atoms with van der Waals surface area (Å²) in [5.41, 5.74) is 0. The van der Waals surface area contributed by atoms with Crippen LogP contribution in [0.4, 0.5) is 0 Å². The highest BCUT2D eigenvalue weighted by Gasteiger charge is 2.49. The van der Waals surface area contributed by atoms with Crippen molar-refractivity contribution in [1.29, 1.82) is 0 Å². The molecule has 4 saturated heterocycles. The minimum atomic E-state index is -0.850. The van der Waals surface area contributed by atoms with E-state index >= 15 is 0 Å². The molecule has 4 rings (SSSR count). The Morgan fingerprint density at radius 2 is 1.57 bits per heavy atom. The number of ether oxygens (including phenoxy) is 3. The zero-order valence-electron chi connectivity index (χ0n) is 8.20. The Morgan fingerprint density at radius 3 is 2.14 bits per heavy atom. The molecule has 5 nitrogen and oxygen atoms in total. The lowest BCUT2D eigenvalue weighted by Crippen LogP contribution is -2.66. The monoisotopic (exact) mass is 200 g/mol. The second-order valence-corrected chi connectivity index (χ2v) is 4.06. The zero-order chi connectivity index (χ0) is 9.43. The molecule has 2 bridgehead atoms. The molecule has 4 heterocycles. The number of nitrogens with one attached hydrogen (secondary N) is 1. The van der Waals surface area contributed by atoms with Gasteiger partial charge in [-0.1, -0.05) is 0 Å². The van der Waals surface area contributed by atoms with Crippen LogP contribution in [0.2, 0.25) is 0 Å². The fraction of sp³-hybridized carbons (Fsp3) is 1.00. The molecule has 4 aliphatic rings. The second kappa shape index (κ2) is 3.43. The summed E-state index contributed by atoms with van der Waals surface area (Å²) in [6, 6.07) is 0. The van der Waals surface area contributed by atoms with Gasteiger partial charge < -0.3 is 19.5 Å². The minimum absolute atomic E-state index is 0.430. The molecule has 0 aromatic rings. The zero-order valence-corrected chi connectivity index (χ0v) is 8.20. The van der Waals surface area contributed by atoms with Gasteiger partial charge in [-0.2, -0.15) is 0 Å². The van der Waals surface area contributed by atoms with E-state index in [2.05, 4.69) is 10.2 Å². The van der Waals surface area contributed by atoms with Gasteiger partial charge in [-0.25, -0.2) is 4.90 Å². The first-order valence-corrected chi connectivity index (χ1v) is 5.27. The van der Waals surface area contributed by atoms with Crippen LogP contribution < -0.4 is 5.32 Å². The van der Waals surface area contributed by atoms with Crippen molar-refractivity contribution in [2.75, 3.05) is 46.0 Å². The van der Waals surface area contributed by atoms with Gasteiger partial charge in [0.15, 0.2) is 0 Å². The molecule has 0 aromatic heterocycles. The summed E-state index contributed by atoms with van der Waals surface area (Å²) >= 11 is 0. The number of hydrogen-bond donors (Lipinski definition) is 1. The summed E-state index contributed by atoms with van der Waals surface area (Å²) in [5.74, 6) is 0.430. The maximum Gasteiger partial charge on any atom is 0.353 e. The van der Waals surface area contributed by atoms with Gasteiger partial charge in [-0.3, -0.25) is 0 Å². The Balaban J connectivity index is 1.73. The lowest BCUT2D eigenvalue weighted by Gasteiger charge is -2.50. The SMILES string of the molecule is C1CN(C23OCC(CO2)CO3)CCN1. The van der Waals surface area contributed by atoms with E-state index < -0.39 is 6.10 Å². The highest BCUT2D eigenvalue weighted by Crippen LogP contribution is 2.33. The Hall–Kier alpha value is -0.200. The van der Waals surface area contributed by atoms with Crippen molar-refractivity contribution in [1.82, 2.24) is 10.2 Å². The van der Waals surface area contributed by atoms with Crippen LogP contribution in [0, 0.1) is 5.92 Å². The second-order valence-electron chi connectivity index (χ2n) is 4.06. The lowest BCUT2D eigenvalue weighted by atomic mass is 10.1. The van der Waals surface area contributed by atoms with E-state index in [0.717, 1.165) is 46.0 Å². The van der Waals surface area contributed by atoms with E-state index in [0.29, 0.717) is 5.92 Å². The third-order valence-corrected chi connectivity index (χ3v) is 3.01. The first-order chi connectivity index (χ1) is 6.89. The van der Waals surface area contributed by atoms with Crippen LogP contribution in [0.15, 0.2) is 0 Å². The fourth-order valence-electron chi connectivity index (χ4n) is 2.15. The van der Waals surface area contributed by atoms with Gasteiger partial charge in [-0.05, 0) is 0 Å². The average molecular weight is 200 g/mol. The molecule has 14 heavy (non-hydrogen) atoms. The van der Waals surface area contributed by atoms with Crippen molar-refractivity contribution in [2.45, 2.75) is 6.10 Å². The van der Waals surface area contributed by atoms with Crippen molar-refractivity contribution in [3.63, 3.8) is 0 Å². The van der Waals surface area contributed by atoms with Crippen molar-refractivity contribution < 1.29 is 14.2 Å². The lowest BCUT2D eigenvalue weighted by molar-refractivity contribution is -0.503. The standard InChI is InChI=1S/C9H16N2O3/c1-3-11(4-2-10-1)9-12-5-8(6-13-9)7-14-9/h8,10H,1-7H2. The van der Waals surface area contributed by atoms with Gasteiger partial charge in [-0.15, -0.1) is 0 Å². The van der Waals surface area contributed by atoms with Crippen molar-refractivity contribution in [3.8, 4) is 0 Å². The van der Waals surface area contributed by atoms with Gasteiger partial charge in [0.25, 0.3) is 0 Å². The Bertz CT molecular complexity index is 196. The topological polar surface area (TPSA) is 43.0 Å². The summed E-state index contributed by atoms with van der Waals surface area (Å²) in [7, 11) is 0. The smallest absolute Gasteiger partial charge is 0.314 e. The molecule has 5 heteroatoms. The molecular formula is C9H16N2O3. The fourth-order valence-corrected chi connectivity index (χ4v) is 2.15. The van der Waals surface area contributed by atoms with Gasteiger partial charge in [0.05, 0.1) is 19.8 Å². The van der Waals surface area contributed by atoms with Gasteiger partial charge >= 0.3 is 6.10 Å². The van der Waals surface area contributed by atoms with E-state index in [-0.39, 0.29) is 0 Å². The number of fused-ring (bicyclic) bond motifs is 3. The third-order valence-electron chi connectivity index (χ3n) is 3.01. The van der Waals surface area contributed by atoms with E-state index in [1.807, 2.05) is 0 Å². The minimum Gasteiger partial charge on any atom is -0.314 e. The third kappa shape index (κ3) is 1.36. The quantitative estimate of drug-likeness (QED) is 0.600. The maximum absolute atomic E-state index is 5.66. The molecule has 4 fully saturated rings. The summed E-state index contributed by atoms with van der Waals surface area (Å²) in [4.78, 5) is 2.14. The molecule has 80 valence electrons. The van der Waals surface area contributed by atoms with Crippen molar-refractivity contribution in [3.05, 3.63) is 0 Å². The number of nitrogens with zero attached hydrogens (tertiary/aromatic N) is 1. The Morgan fingerprint density at radius 1 is 1.00 bits per heavy atom. The number of hydrogen-bond acceptors (Lipinski definition) is 5. The molecule has 0 radical (unpaired) electrons. The molecule has 4 aliphatic heterocycles. The van der Waals surface area contributed by atoms with Gasteiger partial charge in [0, 0.05) is 32.1 Å².